The van der Waals surface area contributed by atoms with Gasteiger partial charge in [-0.05, 0) is 24.0 Å². The lowest BCUT2D eigenvalue weighted by molar-refractivity contribution is -0.692. The minimum Gasteiger partial charge on any atom is -0.748 e. The molecule has 36 heavy (non-hydrogen) atoms. The molecule has 0 fully saturated rings. The molecular formula is C20H28N2O10S4. The van der Waals surface area contributed by atoms with Crippen LogP contribution in [0, 0.1) is 0 Å². The summed E-state index contributed by atoms with van der Waals surface area (Å²) in [6.45, 7) is 0.163. The second kappa shape index (κ2) is 12.5. The number of hydrogen-bond donors (Lipinski definition) is 0. The van der Waals surface area contributed by atoms with Crippen LogP contribution in [0.2, 0.25) is 0 Å². The Labute approximate surface area is 212 Å². The smallest absolute Gasteiger partial charge is 0.169 e. The lowest BCUT2D eigenvalue weighted by atomic mass is 10.2. The SMILES string of the molecule is O=S(=O)([O-])CCc1cc[n+](CCS(=O)(=O)CCS(=O)(=O)CC[n+]2ccc(CCS(=O)(=O)[O-])cc2)cc1. The molecule has 0 radical (unpaired) electrons. The highest BCUT2D eigenvalue weighted by atomic mass is 32.2. The third kappa shape index (κ3) is 12.8. The largest absolute Gasteiger partial charge is 0.748 e. The van der Waals surface area contributed by atoms with Crippen LogP contribution in [0.25, 0.3) is 0 Å². The van der Waals surface area contributed by atoms with Gasteiger partial charge < -0.3 is 9.11 Å². The van der Waals surface area contributed by atoms with E-state index in [0.29, 0.717) is 11.1 Å². The molecule has 0 bridgehead atoms. The van der Waals surface area contributed by atoms with Crippen LogP contribution < -0.4 is 9.13 Å². The zero-order valence-electron chi connectivity index (χ0n) is 19.3. The molecule has 0 spiro atoms. The van der Waals surface area contributed by atoms with Gasteiger partial charge in [-0.15, -0.1) is 0 Å². The van der Waals surface area contributed by atoms with Crippen molar-refractivity contribution in [2.45, 2.75) is 25.9 Å². The molecule has 2 rings (SSSR count). The van der Waals surface area contributed by atoms with Crippen molar-refractivity contribution in [3.8, 4) is 0 Å². The minimum atomic E-state index is -4.32. The second-order valence-corrected chi connectivity index (χ2v) is 15.9. The molecule has 0 atom stereocenters. The van der Waals surface area contributed by atoms with Gasteiger partial charge in [-0.2, -0.15) is 0 Å². The van der Waals surface area contributed by atoms with Gasteiger partial charge in [-0.3, -0.25) is 0 Å². The average Bonchev–Trinajstić information content (AvgIpc) is 2.78. The topological polar surface area (TPSA) is 190 Å². The molecule has 2 aromatic heterocycles. The van der Waals surface area contributed by atoms with Crippen molar-refractivity contribution < 1.29 is 51.9 Å². The van der Waals surface area contributed by atoms with Gasteiger partial charge in [0.05, 0.1) is 31.7 Å². The highest BCUT2D eigenvalue weighted by molar-refractivity contribution is 7.95. The van der Waals surface area contributed by atoms with Crippen molar-refractivity contribution in [3.05, 3.63) is 60.2 Å². The predicted molar refractivity (Wildman–Crippen MR) is 127 cm³/mol. The van der Waals surface area contributed by atoms with Crippen molar-refractivity contribution >= 4 is 39.9 Å². The van der Waals surface area contributed by atoms with Gasteiger partial charge >= 0.3 is 0 Å². The van der Waals surface area contributed by atoms with E-state index in [4.69, 9.17) is 0 Å². The Morgan fingerprint density at radius 3 is 1.08 bits per heavy atom. The summed E-state index contributed by atoms with van der Waals surface area (Å²) in [7, 11) is -16.0. The molecular weight excluding hydrogens is 556 g/mol. The summed E-state index contributed by atoms with van der Waals surface area (Å²) in [5.41, 5.74) is 1.23. The van der Waals surface area contributed by atoms with Crippen LogP contribution >= 0.6 is 0 Å². The van der Waals surface area contributed by atoms with Crippen LogP contribution in [-0.4, -0.2) is 77.3 Å². The molecule has 0 saturated heterocycles. The Morgan fingerprint density at radius 2 is 0.806 bits per heavy atom. The molecule has 0 aliphatic heterocycles. The predicted octanol–water partition coefficient (Wildman–Crippen LogP) is -2.03. The van der Waals surface area contributed by atoms with E-state index < -0.39 is 62.9 Å². The highest BCUT2D eigenvalue weighted by Gasteiger charge is 2.21. The number of nitrogens with zero attached hydrogens (tertiary/aromatic N) is 2. The maximum atomic E-state index is 12.3. The van der Waals surface area contributed by atoms with E-state index in [9.17, 15) is 42.8 Å². The van der Waals surface area contributed by atoms with E-state index in [-0.39, 0.29) is 37.4 Å². The number of aryl methyl sites for hydroxylation is 4. The molecule has 16 heteroatoms. The molecule has 202 valence electrons. The van der Waals surface area contributed by atoms with Gasteiger partial charge in [-0.1, -0.05) is 0 Å². The number of sulfone groups is 2. The van der Waals surface area contributed by atoms with E-state index in [1.165, 1.54) is 0 Å². The summed E-state index contributed by atoms with van der Waals surface area (Å²) in [6, 6.07) is 6.33. The van der Waals surface area contributed by atoms with Crippen LogP contribution in [0.5, 0.6) is 0 Å². The third-order valence-corrected chi connectivity index (χ3v) is 10.2. The van der Waals surface area contributed by atoms with Gasteiger partial charge in [0.15, 0.2) is 57.6 Å². The van der Waals surface area contributed by atoms with E-state index in [0.717, 1.165) is 0 Å². The second-order valence-electron chi connectivity index (χ2n) is 8.22. The first-order chi connectivity index (χ1) is 16.5. The van der Waals surface area contributed by atoms with Crippen molar-refractivity contribution in [2.24, 2.45) is 0 Å². The first-order valence-corrected chi connectivity index (χ1v) is 17.6. The summed E-state index contributed by atoms with van der Waals surface area (Å²) in [6.07, 6.45) is 6.33. The van der Waals surface area contributed by atoms with E-state index in [2.05, 4.69) is 0 Å². The van der Waals surface area contributed by atoms with Gasteiger partial charge in [-0.25, -0.2) is 42.8 Å². The fourth-order valence-corrected chi connectivity index (χ4v) is 7.43. The van der Waals surface area contributed by atoms with Gasteiger partial charge in [0.1, 0.15) is 11.5 Å². The van der Waals surface area contributed by atoms with E-state index in [1.807, 2.05) is 0 Å². The minimum absolute atomic E-state index is 0.0526. The van der Waals surface area contributed by atoms with Crippen LogP contribution in [-0.2, 0) is 65.8 Å². The molecule has 0 unspecified atom stereocenters. The van der Waals surface area contributed by atoms with Crippen molar-refractivity contribution in [3.63, 3.8) is 0 Å². The van der Waals surface area contributed by atoms with Gasteiger partial charge in [0, 0.05) is 35.8 Å². The number of pyridine rings is 2. The standard InChI is InChI=1S/C20H28N2O10S4/c23-33(24,15-11-21-7-1-19(2-8-21)5-13-35(27,28)29)17-18-34(25,26)16-12-22-9-3-20(4-10-22)6-14-36(30,31)32/h1-4,7-10H,5-6,11-18H2. The summed E-state index contributed by atoms with van der Waals surface area (Å²) < 4.78 is 117. The Morgan fingerprint density at radius 1 is 0.500 bits per heavy atom. The van der Waals surface area contributed by atoms with Crippen molar-refractivity contribution in [2.75, 3.05) is 34.5 Å². The lowest BCUT2D eigenvalue weighted by Crippen LogP contribution is -2.39. The van der Waals surface area contributed by atoms with Crippen LogP contribution in [0.1, 0.15) is 11.1 Å². The summed E-state index contributed by atoms with van der Waals surface area (Å²) in [5, 5.41) is 0. The number of rotatable bonds is 15. The van der Waals surface area contributed by atoms with E-state index >= 15 is 0 Å². The zero-order chi connectivity index (χ0) is 27.0. The Kier molecular flexibility index (Phi) is 10.5. The maximum absolute atomic E-state index is 12.3. The van der Waals surface area contributed by atoms with Crippen molar-refractivity contribution in [1.29, 1.82) is 0 Å². The third-order valence-electron chi connectivity index (χ3n) is 5.23. The van der Waals surface area contributed by atoms with Crippen molar-refractivity contribution in [1.82, 2.24) is 0 Å². The summed E-state index contributed by atoms with van der Waals surface area (Å²) in [4.78, 5) is 0. The van der Waals surface area contributed by atoms with Gasteiger partial charge in [0.2, 0.25) is 0 Å². The monoisotopic (exact) mass is 584 g/mol. The van der Waals surface area contributed by atoms with Crippen LogP contribution in [0.15, 0.2) is 49.1 Å². The number of aromatic nitrogens is 2. The normalized spacial score (nSPS) is 13.1. The summed E-state index contributed by atoms with van der Waals surface area (Å²) >= 11 is 0. The molecule has 0 N–H and O–H groups in total. The molecule has 2 aromatic rings. The first kappa shape index (κ1) is 30.2. The Hall–Kier alpha value is -1.98. The van der Waals surface area contributed by atoms with Crippen LogP contribution in [0.4, 0.5) is 0 Å². The maximum Gasteiger partial charge on any atom is 0.169 e. The average molecular weight is 585 g/mol. The quantitative estimate of drug-likeness (QED) is 0.167. The molecule has 0 saturated carbocycles. The lowest BCUT2D eigenvalue weighted by Gasteiger charge is -2.06. The molecule has 0 aliphatic carbocycles. The molecule has 0 amide bonds. The molecule has 12 nitrogen and oxygen atoms in total. The molecule has 0 aromatic carbocycles. The zero-order valence-corrected chi connectivity index (χ0v) is 22.6. The van der Waals surface area contributed by atoms with Gasteiger partial charge in [0.25, 0.3) is 0 Å². The molecule has 2 heterocycles. The highest BCUT2D eigenvalue weighted by Crippen LogP contribution is 2.02. The number of hydrogen-bond acceptors (Lipinski definition) is 10. The van der Waals surface area contributed by atoms with E-state index in [1.54, 1.807) is 58.2 Å². The molecule has 0 aliphatic rings. The van der Waals surface area contributed by atoms with Crippen LogP contribution in [0.3, 0.4) is 0 Å². The summed E-state index contributed by atoms with van der Waals surface area (Å²) in [5.74, 6) is -2.67. The fraction of sp³-hybridized carbons (Fsp3) is 0.500. The first-order valence-electron chi connectivity index (χ1n) is 10.8. The Balaban J connectivity index is 1.79. The Bertz CT molecular complexity index is 1320. The fourth-order valence-electron chi connectivity index (χ4n) is 3.04.